The van der Waals surface area contributed by atoms with Crippen molar-refractivity contribution in [1.82, 2.24) is 5.32 Å². The minimum Gasteiger partial charge on any atom is -0.469 e. The zero-order valence-corrected chi connectivity index (χ0v) is 15.5. The molecular weight excluding hydrogens is 322 g/mol. The molecule has 2 N–H and O–H groups in total. The van der Waals surface area contributed by atoms with E-state index in [2.05, 4.69) is 17.0 Å². The number of hydrogen-bond acceptors (Lipinski definition) is 5. The predicted octanol–water partition coefficient (Wildman–Crippen LogP) is 3.50. The Bertz CT molecular complexity index is 407. The predicted molar refractivity (Wildman–Crippen MR) is 98.3 cm³/mol. The van der Waals surface area contributed by atoms with Gasteiger partial charge in [0.15, 0.2) is 0 Å². The van der Waals surface area contributed by atoms with Crippen LogP contribution in [0.5, 0.6) is 0 Å². The third-order valence-corrected chi connectivity index (χ3v) is 3.50. The Morgan fingerprint density at radius 1 is 1.16 bits per heavy atom. The van der Waals surface area contributed by atoms with Gasteiger partial charge >= 0.3 is 12.1 Å². The number of alkyl carbamates (subject to hydrolysis) is 1. The lowest BCUT2D eigenvalue weighted by atomic mass is 10.1. The Morgan fingerprint density at radius 2 is 1.96 bits per heavy atom. The number of nitrogens with one attached hydrogen (secondary N) is 1. The third-order valence-electron chi connectivity index (χ3n) is 3.50. The monoisotopic (exact) mass is 355 g/mol. The number of aliphatic hydroxyl groups is 1. The van der Waals surface area contributed by atoms with Crippen molar-refractivity contribution in [2.24, 2.45) is 0 Å². The molecule has 0 aliphatic rings. The van der Waals surface area contributed by atoms with Gasteiger partial charge in [0.1, 0.15) is 0 Å². The Kier molecular flexibility index (Phi) is 15.8. The fraction of sp³-hybridized carbons (Fsp3) is 0.684. The van der Waals surface area contributed by atoms with Gasteiger partial charge in [-0.1, -0.05) is 50.5 Å². The molecule has 0 aromatic rings. The standard InChI is InChI=1S/C19H33NO5/c1-3-4-7-12-17(21)13-8-5-6-10-15-20-19(23)25-16-11-9-14-18(22)24-2/h5-6,8,13,17,21H,3-4,7,9-12,14-16H2,1-2H3,(H,20,23)/t17-/m0/s1. The van der Waals surface area contributed by atoms with E-state index in [1.165, 1.54) is 7.11 Å². The van der Waals surface area contributed by atoms with Crippen molar-refractivity contribution < 1.29 is 24.2 Å². The van der Waals surface area contributed by atoms with Crippen LogP contribution < -0.4 is 5.32 Å². The summed E-state index contributed by atoms with van der Waals surface area (Å²) in [5, 5.41) is 12.3. The number of methoxy groups -OCH3 is 1. The summed E-state index contributed by atoms with van der Waals surface area (Å²) in [4.78, 5) is 22.3. The molecule has 0 fully saturated rings. The summed E-state index contributed by atoms with van der Waals surface area (Å²) in [5.41, 5.74) is 0. The van der Waals surface area contributed by atoms with Gasteiger partial charge in [-0.25, -0.2) is 4.79 Å². The van der Waals surface area contributed by atoms with Gasteiger partial charge in [-0.3, -0.25) is 4.79 Å². The van der Waals surface area contributed by atoms with E-state index in [0.29, 0.717) is 32.2 Å². The number of rotatable bonds is 14. The number of amides is 1. The first-order valence-electron chi connectivity index (χ1n) is 9.09. The lowest BCUT2D eigenvalue weighted by molar-refractivity contribution is -0.140. The van der Waals surface area contributed by atoms with Gasteiger partial charge in [-0.15, -0.1) is 0 Å². The van der Waals surface area contributed by atoms with Crippen LogP contribution in [0.2, 0.25) is 0 Å². The van der Waals surface area contributed by atoms with Crippen molar-refractivity contribution in [1.29, 1.82) is 0 Å². The van der Waals surface area contributed by atoms with Crippen LogP contribution in [0.15, 0.2) is 24.3 Å². The normalized spacial score (nSPS) is 12.4. The quantitative estimate of drug-likeness (QED) is 0.283. The molecule has 25 heavy (non-hydrogen) atoms. The molecule has 0 radical (unpaired) electrons. The van der Waals surface area contributed by atoms with E-state index in [9.17, 15) is 14.7 Å². The van der Waals surface area contributed by atoms with Gasteiger partial charge in [-0.05, 0) is 25.7 Å². The second kappa shape index (κ2) is 17.0. The van der Waals surface area contributed by atoms with Crippen molar-refractivity contribution in [3.8, 4) is 0 Å². The molecule has 6 heteroatoms. The van der Waals surface area contributed by atoms with Gasteiger partial charge < -0.3 is 19.9 Å². The highest BCUT2D eigenvalue weighted by atomic mass is 16.5. The van der Waals surface area contributed by atoms with Gasteiger partial charge in [0.05, 0.1) is 19.8 Å². The second-order valence-corrected chi connectivity index (χ2v) is 5.76. The molecule has 0 saturated heterocycles. The largest absolute Gasteiger partial charge is 0.469 e. The molecule has 0 aromatic carbocycles. The first-order chi connectivity index (χ1) is 12.1. The van der Waals surface area contributed by atoms with Crippen LogP contribution in [0, 0.1) is 0 Å². The SMILES string of the molecule is CCCCC[C@H](O)C=CC=CCCNC(=O)OCCCCC(=O)OC. The molecule has 0 rings (SSSR count). The number of unbranched alkanes of at least 4 members (excludes halogenated alkanes) is 3. The lowest BCUT2D eigenvalue weighted by Crippen LogP contribution is -2.25. The first kappa shape index (κ1) is 23.2. The van der Waals surface area contributed by atoms with Crippen molar-refractivity contribution in [2.45, 2.75) is 64.4 Å². The summed E-state index contributed by atoms with van der Waals surface area (Å²) in [6, 6.07) is 0. The topological polar surface area (TPSA) is 84.9 Å². The Balaban J connectivity index is 3.53. The first-order valence-corrected chi connectivity index (χ1v) is 9.09. The molecule has 144 valence electrons. The number of aliphatic hydroxyl groups excluding tert-OH is 1. The van der Waals surface area contributed by atoms with Gasteiger partial charge in [0.25, 0.3) is 0 Å². The smallest absolute Gasteiger partial charge is 0.407 e. The van der Waals surface area contributed by atoms with Crippen molar-refractivity contribution >= 4 is 12.1 Å². The number of carbonyl (C=O) groups excluding carboxylic acids is 2. The maximum Gasteiger partial charge on any atom is 0.407 e. The number of hydrogen-bond donors (Lipinski definition) is 2. The summed E-state index contributed by atoms with van der Waals surface area (Å²) in [7, 11) is 1.35. The summed E-state index contributed by atoms with van der Waals surface area (Å²) in [6.07, 6.45) is 13.0. The highest BCUT2D eigenvalue weighted by molar-refractivity contribution is 5.69. The van der Waals surface area contributed by atoms with Crippen LogP contribution in [-0.4, -0.2) is 43.5 Å². The van der Waals surface area contributed by atoms with E-state index in [0.717, 1.165) is 25.7 Å². The maximum atomic E-state index is 11.4. The number of allylic oxidation sites excluding steroid dienone is 2. The minimum atomic E-state index is -0.451. The van der Waals surface area contributed by atoms with Crippen LogP contribution in [0.3, 0.4) is 0 Å². The summed E-state index contributed by atoms with van der Waals surface area (Å²) >= 11 is 0. The van der Waals surface area contributed by atoms with Crippen LogP contribution in [0.25, 0.3) is 0 Å². The molecule has 0 heterocycles. The average molecular weight is 355 g/mol. The molecule has 0 saturated carbocycles. The molecule has 1 amide bonds. The lowest BCUT2D eigenvalue weighted by Gasteiger charge is -2.05. The van der Waals surface area contributed by atoms with Gasteiger partial charge in [-0.2, -0.15) is 0 Å². The third kappa shape index (κ3) is 16.8. The van der Waals surface area contributed by atoms with Crippen LogP contribution in [-0.2, 0) is 14.3 Å². The molecule has 0 aliphatic heterocycles. The molecule has 1 atom stereocenters. The van der Waals surface area contributed by atoms with Crippen molar-refractivity contribution in [3.05, 3.63) is 24.3 Å². The second-order valence-electron chi connectivity index (χ2n) is 5.76. The maximum absolute atomic E-state index is 11.4. The van der Waals surface area contributed by atoms with Crippen molar-refractivity contribution in [3.63, 3.8) is 0 Å². The highest BCUT2D eigenvalue weighted by Crippen LogP contribution is 2.04. The minimum absolute atomic E-state index is 0.251. The number of esters is 1. The zero-order valence-electron chi connectivity index (χ0n) is 15.5. The fourth-order valence-corrected chi connectivity index (χ4v) is 2.01. The van der Waals surface area contributed by atoms with E-state index >= 15 is 0 Å². The average Bonchev–Trinajstić information content (AvgIpc) is 2.60. The molecule has 0 spiro atoms. The van der Waals surface area contributed by atoms with E-state index in [-0.39, 0.29) is 18.7 Å². The molecular formula is C19H33NO5. The number of ether oxygens (including phenoxy) is 2. The molecule has 0 bridgehead atoms. The van der Waals surface area contributed by atoms with E-state index < -0.39 is 6.09 Å². The highest BCUT2D eigenvalue weighted by Gasteiger charge is 2.02. The fourth-order valence-electron chi connectivity index (χ4n) is 2.01. The van der Waals surface area contributed by atoms with Gasteiger partial charge in [0, 0.05) is 13.0 Å². The van der Waals surface area contributed by atoms with Crippen LogP contribution in [0.1, 0.15) is 58.3 Å². The molecule has 6 nitrogen and oxygen atoms in total. The molecule has 0 aromatic heterocycles. The molecule has 0 unspecified atom stereocenters. The Labute approximate surface area is 151 Å². The summed E-state index contributed by atoms with van der Waals surface area (Å²) < 4.78 is 9.51. The van der Waals surface area contributed by atoms with Crippen LogP contribution in [0.4, 0.5) is 4.79 Å². The summed E-state index contributed by atoms with van der Waals surface area (Å²) in [5.74, 6) is -0.251. The Morgan fingerprint density at radius 3 is 2.68 bits per heavy atom. The van der Waals surface area contributed by atoms with Gasteiger partial charge in [0.2, 0.25) is 0 Å². The number of carbonyl (C=O) groups is 2. The van der Waals surface area contributed by atoms with Crippen LogP contribution >= 0.6 is 0 Å². The van der Waals surface area contributed by atoms with E-state index in [1.807, 2.05) is 18.2 Å². The summed E-state index contributed by atoms with van der Waals surface area (Å²) in [6.45, 7) is 2.92. The van der Waals surface area contributed by atoms with E-state index in [4.69, 9.17) is 4.74 Å². The van der Waals surface area contributed by atoms with E-state index in [1.54, 1.807) is 6.08 Å². The van der Waals surface area contributed by atoms with Crippen molar-refractivity contribution in [2.75, 3.05) is 20.3 Å². The Hall–Kier alpha value is -1.82. The zero-order chi connectivity index (χ0) is 18.8. The molecule has 0 aliphatic carbocycles.